The summed E-state index contributed by atoms with van der Waals surface area (Å²) in [7, 11) is 0. The van der Waals surface area contributed by atoms with Crippen LogP contribution in [0, 0.1) is 0 Å². The molecule has 2 heterocycles. The van der Waals surface area contributed by atoms with Gasteiger partial charge in [0, 0.05) is 24.7 Å². The Morgan fingerprint density at radius 2 is 1.82 bits per heavy atom. The zero-order valence-electron chi connectivity index (χ0n) is 9.76. The number of fused-ring (bicyclic) bond motifs is 2. The molecule has 0 aromatic heterocycles. The molecular formula is C11H17F3N2O. The Morgan fingerprint density at radius 1 is 1.29 bits per heavy atom. The van der Waals surface area contributed by atoms with Gasteiger partial charge in [-0.15, -0.1) is 0 Å². The summed E-state index contributed by atoms with van der Waals surface area (Å²) in [4.78, 5) is 12.3. The lowest BCUT2D eigenvalue weighted by Crippen LogP contribution is -2.53. The molecule has 3 nitrogen and oxygen atoms in total. The van der Waals surface area contributed by atoms with Crippen LogP contribution in [0.4, 0.5) is 13.2 Å². The van der Waals surface area contributed by atoms with E-state index in [4.69, 9.17) is 0 Å². The number of carbonyl (C=O) groups excluding carboxylic acids is 1. The van der Waals surface area contributed by atoms with Gasteiger partial charge in [-0.25, -0.2) is 0 Å². The summed E-state index contributed by atoms with van der Waals surface area (Å²) in [5, 5.41) is 3.36. The lowest BCUT2D eigenvalue weighted by atomic mass is 9.98. The van der Waals surface area contributed by atoms with E-state index in [1.165, 1.54) is 0 Å². The third-order valence-corrected chi connectivity index (χ3v) is 3.73. The highest BCUT2D eigenvalue weighted by molar-refractivity contribution is 5.82. The molecule has 17 heavy (non-hydrogen) atoms. The fourth-order valence-electron chi connectivity index (χ4n) is 3.01. The second-order valence-corrected chi connectivity index (χ2v) is 4.85. The second-order valence-electron chi connectivity index (χ2n) is 4.85. The highest BCUT2D eigenvalue weighted by Gasteiger charge is 2.46. The Hall–Kier alpha value is -0.780. The van der Waals surface area contributed by atoms with Gasteiger partial charge in [0.2, 0.25) is 0 Å². The molecule has 1 amide bonds. The molecule has 2 aliphatic heterocycles. The fraction of sp³-hybridized carbons (Fsp3) is 0.909. The molecule has 2 fully saturated rings. The number of amides is 1. The van der Waals surface area contributed by atoms with Gasteiger partial charge in [0.05, 0.1) is 0 Å². The molecule has 2 unspecified atom stereocenters. The van der Waals surface area contributed by atoms with E-state index in [9.17, 15) is 18.0 Å². The van der Waals surface area contributed by atoms with Crippen LogP contribution in [0.2, 0.25) is 0 Å². The summed E-state index contributed by atoms with van der Waals surface area (Å²) in [6.07, 6.45) is -1.43. The van der Waals surface area contributed by atoms with Crippen molar-refractivity contribution in [2.24, 2.45) is 0 Å². The number of hydrogen-bond donors (Lipinski definition) is 1. The number of nitrogens with zero attached hydrogens (tertiary/aromatic N) is 1. The minimum Gasteiger partial charge on any atom is -0.332 e. The largest absolute Gasteiger partial charge is 0.471 e. The molecule has 0 saturated carbocycles. The molecule has 0 aromatic carbocycles. The molecule has 0 aromatic rings. The minimum absolute atomic E-state index is 0.127. The second kappa shape index (κ2) is 4.48. The van der Waals surface area contributed by atoms with Crippen LogP contribution in [0.3, 0.4) is 0 Å². The van der Waals surface area contributed by atoms with E-state index < -0.39 is 12.1 Å². The number of alkyl halides is 3. The van der Waals surface area contributed by atoms with Crippen molar-refractivity contribution in [2.45, 2.75) is 56.9 Å². The molecule has 0 spiro atoms. The topological polar surface area (TPSA) is 32.3 Å². The van der Waals surface area contributed by atoms with Crippen LogP contribution in [-0.4, -0.2) is 41.7 Å². The average molecular weight is 250 g/mol. The normalized spacial score (nSPS) is 32.6. The molecule has 2 aliphatic rings. The van der Waals surface area contributed by atoms with Crippen molar-refractivity contribution in [3.8, 4) is 0 Å². The first kappa shape index (κ1) is 12.7. The number of carbonyl (C=O) groups is 1. The van der Waals surface area contributed by atoms with Crippen LogP contribution in [0.1, 0.15) is 32.6 Å². The zero-order valence-corrected chi connectivity index (χ0v) is 9.76. The Labute approximate surface area is 98.3 Å². The maximum atomic E-state index is 12.4. The highest BCUT2D eigenvalue weighted by atomic mass is 19.4. The van der Waals surface area contributed by atoms with Gasteiger partial charge >= 0.3 is 12.1 Å². The third-order valence-electron chi connectivity index (χ3n) is 3.73. The number of piperidine rings is 1. The molecule has 2 bridgehead atoms. The first-order valence-electron chi connectivity index (χ1n) is 6.05. The van der Waals surface area contributed by atoms with Gasteiger partial charge in [0.25, 0.3) is 0 Å². The maximum absolute atomic E-state index is 12.4. The van der Waals surface area contributed by atoms with Gasteiger partial charge in [-0.1, -0.05) is 0 Å². The van der Waals surface area contributed by atoms with Crippen molar-refractivity contribution in [3.05, 3.63) is 0 Å². The van der Waals surface area contributed by atoms with E-state index in [1.807, 2.05) is 0 Å². The maximum Gasteiger partial charge on any atom is 0.471 e. The van der Waals surface area contributed by atoms with Crippen LogP contribution in [0.25, 0.3) is 0 Å². The van der Waals surface area contributed by atoms with Crippen LogP contribution in [-0.2, 0) is 4.79 Å². The van der Waals surface area contributed by atoms with Gasteiger partial charge in [-0.2, -0.15) is 13.2 Å². The molecule has 2 atom stereocenters. The fourth-order valence-corrected chi connectivity index (χ4v) is 3.01. The average Bonchev–Trinajstić information content (AvgIpc) is 2.57. The van der Waals surface area contributed by atoms with Crippen LogP contribution in [0.5, 0.6) is 0 Å². The van der Waals surface area contributed by atoms with Crippen molar-refractivity contribution < 1.29 is 18.0 Å². The summed E-state index contributed by atoms with van der Waals surface area (Å²) in [5.41, 5.74) is 0. The van der Waals surface area contributed by atoms with Crippen LogP contribution in [0.15, 0.2) is 0 Å². The summed E-state index contributed by atoms with van der Waals surface area (Å²) in [5.74, 6) is -1.69. The molecule has 98 valence electrons. The van der Waals surface area contributed by atoms with Gasteiger partial charge in [0.15, 0.2) is 0 Å². The summed E-state index contributed by atoms with van der Waals surface area (Å²) in [6, 6.07) is 0.315. The van der Waals surface area contributed by atoms with Crippen molar-refractivity contribution in [3.63, 3.8) is 0 Å². The van der Waals surface area contributed by atoms with Crippen molar-refractivity contribution in [1.82, 2.24) is 10.2 Å². The molecule has 0 aliphatic carbocycles. The molecular weight excluding hydrogens is 233 g/mol. The van der Waals surface area contributed by atoms with Crippen molar-refractivity contribution in [1.29, 1.82) is 0 Å². The molecule has 1 N–H and O–H groups in total. The number of halogens is 3. The summed E-state index contributed by atoms with van der Waals surface area (Å²) >= 11 is 0. The Morgan fingerprint density at radius 3 is 2.24 bits per heavy atom. The van der Waals surface area contributed by atoms with Crippen LogP contribution >= 0.6 is 0 Å². The monoisotopic (exact) mass is 250 g/mol. The van der Waals surface area contributed by atoms with E-state index in [1.54, 1.807) is 6.92 Å². The zero-order chi connectivity index (χ0) is 12.6. The van der Waals surface area contributed by atoms with Gasteiger partial charge < -0.3 is 10.2 Å². The van der Waals surface area contributed by atoms with E-state index in [-0.39, 0.29) is 24.7 Å². The standard InChI is InChI=1S/C11H17F3N2O/c1-2-16(10(17)11(12,13)14)9-5-7-3-4-8(6-9)15-7/h7-9,15H,2-6H2,1H3. The Balaban J connectivity index is 2.06. The van der Waals surface area contributed by atoms with E-state index >= 15 is 0 Å². The lowest BCUT2D eigenvalue weighted by molar-refractivity contribution is -0.188. The van der Waals surface area contributed by atoms with E-state index in [0.717, 1.165) is 17.7 Å². The smallest absolute Gasteiger partial charge is 0.332 e. The first-order chi connectivity index (χ1) is 7.91. The molecule has 2 saturated heterocycles. The number of hydrogen-bond acceptors (Lipinski definition) is 2. The molecule has 6 heteroatoms. The molecule has 0 radical (unpaired) electrons. The van der Waals surface area contributed by atoms with Crippen LogP contribution < -0.4 is 5.32 Å². The van der Waals surface area contributed by atoms with E-state index in [0.29, 0.717) is 12.8 Å². The van der Waals surface area contributed by atoms with Crippen molar-refractivity contribution in [2.75, 3.05) is 6.54 Å². The highest BCUT2D eigenvalue weighted by Crippen LogP contribution is 2.31. The summed E-state index contributed by atoms with van der Waals surface area (Å²) < 4.78 is 37.3. The Bertz CT molecular complexity index is 294. The third kappa shape index (κ3) is 2.56. The number of nitrogens with one attached hydrogen (secondary N) is 1. The Kier molecular flexibility index (Phi) is 3.34. The summed E-state index contributed by atoms with van der Waals surface area (Å²) in [6.45, 7) is 1.73. The quantitative estimate of drug-likeness (QED) is 0.808. The predicted octanol–water partition coefficient (Wildman–Crippen LogP) is 1.68. The predicted molar refractivity (Wildman–Crippen MR) is 56.4 cm³/mol. The SMILES string of the molecule is CCN(C(=O)C(F)(F)F)C1CC2CCC(C1)N2. The molecule has 2 rings (SSSR count). The van der Waals surface area contributed by atoms with Gasteiger partial charge in [-0.05, 0) is 32.6 Å². The van der Waals surface area contributed by atoms with E-state index in [2.05, 4.69) is 5.32 Å². The lowest BCUT2D eigenvalue weighted by Gasteiger charge is -2.37. The first-order valence-corrected chi connectivity index (χ1v) is 6.05. The minimum atomic E-state index is -4.75. The van der Waals surface area contributed by atoms with Crippen molar-refractivity contribution >= 4 is 5.91 Å². The van der Waals surface area contributed by atoms with Gasteiger partial charge in [-0.3, -0.25) is 4.79 Å². The van der Waals surface area contributed by atoms with Gasteiger partial charge in [0.1, 0.15) is 0 Å². The number of rotatable bonds is 2.